The molecule has 1 N–H and O–H groups in total. The van der Waals surface area contributed by atoms with E-state index in [0.717, 1.165) is 18.6 Å². The Balaban J connectivity index is 2.56. The fraction of sp³-hybridized carbons (Fsp3) is 0.500. The minimum atomic E-state index is -0.876. The van der Waals surface area contributed by atoms with Gasteiger partial charge in [0.15, 0.2) is 0 Å². The highest BCUT2D eigenvalue weighted by molar-refractivity contribution is 6.21. The van der Waals surface area contributed by atoms with Crippen LogP contribution in [0.3, 0.4) is 0 Å². The van der Waals surface area contributed by atoms with Gasteiger partial charge in [-0.25, -0.2) is 8.78 Å². The molecule has 2 nitrogen and oxygen atoms in total. The molecule has 1 amide bonds. The zero-order valence-corrected chi connectivity index (χ0v) is 12.0. The van der Waals surface area contributed by atoms with Crippen LogP contribution in [0.4, 0.5) is 8.78 Å². The van der Waals surface area contributed by atoms with Crippen LogP contribution in [0.25, 0.3) is 0 Å². The van der Waals surface area contributed by atoms with Crippen LogP contribution >= 0.6 is 11.6 Å². The van der Waals surface area contributed by atoms with Crippen molar-refractivity contribution in [2.75, 3.05) is 6.54 Å². The first-order valence-corrected chi connectivity index (χ1v) is 6.50. The lowest BCUT2D eigenvalue weighted by Crippen LogP contribution is -2.32. The maximum absolute atomic E-state index is 13.4. The molecule has 19 heavy (non-hydrogen) atoms. The molecule has 0 bridgehead atoms. The summed E-state index contributed by atoms with van der Waals surface area (Å²) in [5.74, 6) is -2.17. The third-order valence-corrected chi connectivity index (χ3v) is 2.80. The number of carbonyl (C=O) groups is 1. The molecule has 1 rings (SSSR count). The zero-order chi connectivity index (χ0) is 14.6. The van der Waals surface area contributed by atoms with E-state index in [-0.39, 0.29) is 22.9 Å². The fourth-order valence-electron chi connectivity index (χ4n) is 1.71. The molecule has 1 atom stereocenters. The van der Waals surface area contributed by atoms with E-state index in [4.69, 9.17) is 11.6 Å². The van der Waals surface area contributed by atoms with Crippen LogP contribution in [0.15, 0.2) is 18.2 Å². The minimum absolute atomic E-state index is 0.0538. The number of hydrogen-bond donors (Lipinski definition) is 1. The van der Waals surface area contributed by atoms with Gasteiger partial charge in [-0.05, 0) is 24.0 Å². The summed E-state index contributed by atoms with van der Waals surface area (Å²) in [6.45, 7) is 6.38. The van der Waals surface area contributed by atoms with E-state index in [1.807, 2.05) is 20.8 Å². The average Bonchev–Trinajstić information content (AvgIpc) is 2.23. The van der Waals surface area contributed by atoms with Gasteiger partial charge in [0.1, 0.15) is 11.6 Å². The number of benzene rings is 1. The molecule has 0 spiro atoms. The lowest BCUT2D eigenvalue weighted by Gasteiger charge is -2.22. The van der Waals surface area contributed by atoms with Crippen molar-refractivity contribution in [2.24, 2.45) is 5.41 Å². The SMILES string of the molecule is CC(C)(C)CC(Cl)CNC(=O)c1ccc(F)cc1F. The van der Waals surface area contributed by atoms with Crippen molar-refractivity contribution < 1.29 is 13.6 Å². The molecular formula is C14H18ClF2NO. The summed E-state index contributed by atoms with van der Waals surface area (Å²) in [5.41, 5.74) is -0.126. The zero-order valence-electron chi connectivity index (χ0n) is 11.3. The number of amides is 1. The molecule has 1 aromatic carbocycles. The van der Waals surface area contributed by atoms with E-state index in [1.54, 1.807) is 0 Å². The van der Waals surface area contributed by atoms with Gasteiger partial charge in [-0.3, -0.25) is 4.79 Å². The molecule has 0 aliphatic rings. The fourth-order valence-corrected chi connectivity index (χ4v) is 2.25. The van der Waals surface area contributed by atoms with Crippen molar-refractivity contribution in [3.05, 3.63) is 35.4 Å². The predicted molar refractivity (Wildman–Crippen MR) is 72.4 cm³/mol. The highest BCUT2D eigenvalue weighted by Crippen LogP contribution is 2.23. The molecule has 106 valence electrons. The number of nitrogens with one attached hydrogen (secondary N) is 1. The van der Waals surface area contributed by atoms with Crippen molar-refractivity contribution in [1.29, 1.82) is 0 Å². The van der Waals surface area contributed by atoms with Crippen LogP contribution in [0.2, 0.25) is 0 Å². The van der Waals surface area contributed by atoms with E-state index in [9.17, 15) is 13.6 Å². The molecule has 0 aliphatic heterocycles. The van der Waals surface area contributed by atoms with Gasteiger partial charge >= 0.3 is 0 Å². The molecule has 5 heteroatoms. The van der Waals surface area contributed by atoms with Gasteiger partial charge in [-0.2, -0.15) is 0 Å². The molecule has 1 unspecified atom stereocenters. The van der Waals surface area contributed by atoms with Crippen molar-refractivity contribution in [3.63, 3.8) is 0 Å². The Morgan fingerprint density at radius 2 is 2.00 bits per heavy atom. The molecule has 1 aromatic rings. The summed E-state index contributed by atoms with van der Waals surface area (Å²) in [7, 11) is 0. The van der Waals surface area contributed by atoms with Crippen LogP contribution in [0, 0.1) is 17.0 Å². The second-order valence-electron chi connectivity index (χ2n) is 5.70. The first-order chi connectivity index (χ1) is 8.69. The Morgan fingerprint density at radius 3 is 2.53 bits per heavy atom. The highest BCUT2D eigenvalue weighted by atomic mass is 35.5. The molecular weight excluding hydrogens is 272 g/mol. The van der Waals surface area contributed by atoms with Crippen molar-refractivity contribution in [2.45, 2.75) is 32.6 Å². The first-order valence-electron chi connectivity index (χ1n) is 6.06. The Morgan fingerprint density at radius 1 is 1.37 bits per heavy atom. The predicted octanol–water partition coefficient (Wildman–Crippen LogP) is 3.74. The molecule has 0 fully saturated rings. The number of carbonyl (C=O) groups excluding carboxylic acids is 1. The number of halogens is 3. The lowest BCUT2D eigenvalue weighted by atomic mass is 9.90. The van der Waals surface area contributed by atoms with Crippen molar-refractivity contribution in [3.8, 4) is 0 Å². The van der Waals surface area contributed by atoms with E-state index < -0.39 is 17.5 Å². The van der Waals surface area contributed by atoms with Crippen LogP contribution in [0.5, 0.6) is 0 Å². The van der Waals surface area contributed by atoms with E-state index in [0.29, 0.717) is 6.07 Å². The van der Waals surface area contributed by atoms with Gasteiger partial charge in [0, 0.05) is 12.6 Å². The average molecular weight is 290 g/mol. The monoisotopic (exact) mass is 289 g/mol. The molecule has 0 heterocycles. The smallest absolute Gasteiger partial charge is 0.254 e. The summed E-state index contributed by atoms with van der Waals surface area (Å²) in [5, 5.41) is 2.32. The third-order valence-electron chi connectivity index (χ3n) is 2.49. The summed E-state index contributed by atoms with van der Waals surface area (Å²) in [6, 6.07) is 2.85. The molecule has 0 aromatic heterocycles. The molecule has 0 saturated carbocycles. The number of rotatable bonds is 4. The van der Waals surface area contributed by atoms with Gasteiger partial charge in [0.25, 0.3) is 5.91 Å². The Bertz CT molecular complexity index is 457. The first kappa shape index (κ1) is 15.9. The van der Waals surface area contributed by atoms with Crippen LogP contribution in [-0.2, 0) is 0 Å². The van der Waals surface area contributed by atoms with Crippen molar-refractivity contribution >= 4 is 17.5 Å². The molecule has 0 aliphatic carbocycles. The largest absolute Gasteiger partial charge is 0.350 e. The Kier molecular flexibility index (Phi) is 5.29. The normalized spacial score (nSPS) is 13.2. The second-order valence-corrected chi connectivity index (χ2v) is 6.31. The second kappa shape index (κ2) is 6.33. The molecule has 0 saturated heterocycles. The van der Waals surface area contributed by atoms with Gasteiger partial charge in [0.05, 0.1) is 10.9 Å². The van der Waals surface area contributed by atoms with Gasteiger partial charge in [-0.15, -0.1) is 11.6 Å². The number of hydrogen-bond acceptors (Lipinski definition) is 1. The Hall–Kier alpha value is -1.16. The molecule has 0 radical (unpaired) electrons. The lowest BCUT2D eigenvalue weighted by molar-refractivity contribution is 0.0948. The van der Waals surface area contributed by atoms with E-state index in [2.05, 4.69) is 5.32 Å². The quantitative estimate of drug-likeness (QED) is 0.841. The summed E-state index contributed by atoms with van der Waals surface area (Å²) >= 11 is 6.09. The van der Waals surface area contributed by atoms with Gasteiger partial charge < -0.3 is 5.32 Å². The standard InChI is InChI=1S/C14H18ClF2NO/c1-14(2,3)7-9(15)8-18-13(19)11-5-4-10(16)6-12(11)17/h4-6,9H,7-8H2,1-3H3,(H,18,19). The maximum atomic E-state index is 13.4. The van der Waals surface area contributed by atoms with Crippen LogP contribution in [-0.4, -0.2) is 17.8 Å². The highest BCUT2D eigenvalue weighted by Gasteiger charge is 2.18. The summed E-state index contributed by atoms with van der Waals surface area (Å²) < 4.78 is 26.1. The Labute approximate surface area is 117 Å². The van der Waals surface area contributed by atoms with Crippen molar-refractivity contribution in [1.82, 2.24) is 5.32 Å². The number of alkyl halides is 1. The van der Waals surface area contributed by atoms with Gasteiger partial charge in [0.2, 0.25) is 0 Å². The topological polar surface area (TPSA) is 29.1 Å². The van der Waals surface area contributed by atoms with Crippen LogP contribution < -0.4 is 5.32 Å². The summed E-state index contributed by atoms with van der Waals surface area (Å²) in [6.07, 6.45) is 0.723. The van der Waals surface area contributed by atoms with Crippen LogP contribution in [0.1, 0.15) is 37.6 Å². The maximum Gasteiger partial charge on any atom is 0.254 e. The minimum Gasteiger partial charge on any atom is -0.350 e. The summed E-state index contributed by atoms with van der Waals surface area (Å²) in [4.78, 5) is 11.7. The third kappa shape index (κ3) is 5.55. The van der Waals surface area contributed by atoms with Gasteiger partial charge in [-0.1, -0.05) is 20.8 Å². The van der Waals surface area contributed by atoms with E-state index >= 15 is 0 Å². The van der Waals surface area contributed by atoms with E-state index in [1.165, 1.54) is 0 Å².